The first-order valence-electron chi connectivity index (χ1n) is 5.61. The molecule has 0 radical (unpaired) electrons. The van der Waals surface area contributed by atoms with Gasteiger partial charge in [-0.25, -0.2) is 4.52 Å². The van der Waals surface area contributed by atoms with Gasteiger partial charge in [-0.15, -0.1) is 5.10 Å². The number of aromatic nitrogens is 3. The zero-order valence-corrected chi connectivity index (χ0v) is 11.1. The summed E-state index contributed by atoms with van der Waals surface area (Å²) in [6.45, 7) is 0.693. The third-order valence-corrected chi connectivity index (χ3v) is 3.41. The lowest BCUT2D eigenvalue weighted by Gasteiger charge is -2.03. The van der Waals surface area contributed by atoms with Crippen LogP contribution in [-0.4, -0.2) is 14.6 Å². The molecule has 0 saturated heterocycles. The molecule has 0 aliphatic carbocycles. The second kappa shape index (κ2) is 4.78. The molecule has 90 valence electrons. The van der Waals surface area contributed by atoms with Gasteiger partial charge >= 0.3 is 0 Å². The van der Waals surface area contributed by atoms with E-state index in [-0.39, 0.29) is 0 Å². The van der Waals surface area contributed by atoms with Gasteiger partial charge in [0.25, 0.3) is 0 Å². The maximum Gasteiger partial charge on any atom is 0.243 e. The van der Waals surface area contributed by atoms with Crippen molar-refractivity contribution in [3.8, 4) is 0 Å². The summed E-state index contributed by atoms with van der Waals surface area (Å²) in [5.41, 5.74) is 2.02. The summed E-state index contributed by atoms with van der Waals surface area (Å²) >= 11 is 3.52. The maximum absolute atomic E-state index is 4.38. The summed E-state index contributed by atoms with van der Waals surface area (Å²) in [5.74, 6) is 0.636. The highest BCUT2D eigenvalue weighted by Crippen LogP contribution is 2.16. The average Bonchev–Trinajstić information content (AvgIpc) is 2.80. The molecule has 2 heterocycles. The highest BCUT2D eigenvalue weighted by atomic mass is 79.9. The number of pyridine rings is 1. The van der Waals surface area contributed by atoms with Gasteiger partial charge in [-0.1, -0.05) is 40.2 Å². The molecule has 5 heteroatoms. The lowest BCUT2D eigenvalue weighted by Crippen LogP contribution is -2.01. The smallest absolute Gasteiger partial charge is 0.243 e. The van der Waals surface area contributed by atoms with Crippen LogP contribution in [0.1, 0.15) is 5.56 Å². The SMILES string of the molecule is Brc1ccccc1CNc1nc2ccccn2n1. The number of hydrogen-bond acceptors (Lipinski definition) is 3. The van der Waals surface area contributed by atoms with Gasteiger partial charge in [0.2, 0.25) is 5.95 Å². The minimum Gasteiger partial charge on any atom is -0.349 e. The van der Waals surface area contributed by atoms with Gasteiger partial charge in [-0.3, -0.25) is 0 Å². The van der Waals surface area contributed by atoms with E-state index in [4.69, 9.17) is 0 Å². The Morgan fingerprint density at radius 1 is 1.11 bits per heavy atom. The molecule has 0 atom stereocenters. The lowest BCUT2D eigenvalue weighted by atomic mass is 10.2. The van der Waals surface area contributed by atoms with Gasteiger partial charge < -0.3 is 5.32 Å². The Bertz CT molecular complexity index is 644. The maximum atomic E-state index is 4.38. The van der Waals surface area contributed by atoms with Crippen LogP contribution in [0.2, 0.25) is 0 Å². The Kier molecular flexibility index (Phi) is 2.98. The predicted molar refractivity (Wildman–Crippen MR) is 74.5 cm³/mol. The summed E-state index contributed by atoms with van der Waals surface area (Å²) in [5, 5.41) is 7.55. The molecule has 3 rings (SSSR count). The fourth-order valence-electron chi connectivity index (χ4n) is 1.72. The van der Waals surface area contributed by atoms with Gasteiger partial charge in [0.05, 0.1) is 0 Å². The molecule has 0 saturated carbocycles. The van der Waals surface area contributed by atoms with Crippen LogP contribution >= 0.6 is 15.9 Å². The van der Waals surface area contributed by atoms with E-state index in [1.165, 1.54) is 5.56 Å². The number of fused-ring (bicyclic) bond motifs is 1. The second-order valence-electron chi connectivity index (χ2n) is 3.88. The van der Waals surface area contributed by atoms with E-state index in [0.717, 1.165) is 10.1 Å². The van der Waals surface area contributed by atoms with Crippen LogP contribution in [0, 0.1) is 0 Å². The first-order chi connectivity index (χ1) is 8.83. The standard InChI is InChI=1S/C13H11BrN4/c14-11-6-2-1-5-10(11)9-15-13-16-12-7-3-4-8-18(12)17-13/h1-8H,9H2,(H,15,17). The van der Waals surface area contributed by atoms with Crippen molar-refractivity contribution in [3.05, 3.63) is 58.7 Å². The lowest BCUT2D eigenvalue weighted by molar-refractivity contribution is 0.949. The van der Waals surface area contributed by atoms with E-state index in [1.54, 1.807) is 4.52 Å². The van der Waals surface area contributed by atoms with Crippen molar-refractivity contribution >= 4 is 27.5 Å². The fourth-order valence-corrected chi connectivity index (χ4v) is 2.15. The molecule has 3 aromatic rings. The van der Waals surface area contributed by atoms with Crippen molar-refractivity contribution < 1.29 is 0 Å². The quantitative estimate of drug-likeness (QED) is 0.808. The summed E-state index contributed by atoms with van der Waals surface area (Å²) < 4.78 is 2.84. The van der Waals surface area contributed by atoms with Crippen molar-refractivity contribution in [3.63, 3.8) is 0 Å². The molecule has 2 aromatic heterocycles. The van der Waals surface area contributed by atoms with Gasteiger partial charge in [-0.2, -0.15) is 4.98 Å². The van der Waals surface area contributed by atoms with E-state index in [0.29, 0.717) is 12.5 Å². The highest BCUT2D eigenvalue weighted by Gasteiger charge is 2.03. The zero-order chi connectivity index (χ0) is 12.4. The number of hydrogen-bond donors (Lipinski definition) is 1. The topological polar surface area (TPSA) is 42.2 Å². The van der Waals surface area contributed by atoms with Crippen molar-refractivity contribution in [1.29, 1.82) is 0 Å². The Morgan fingerprint density at radius 2 is 1.94 bits per heavy atom. The predicted octanol–water partition coefficient (Wildman–Crippen LogP) is 3.10. The number of halogens is 1. The molecule has 0 spiro atoms. The fraction of sp³-hybridized carbons (Fsp3) is 0.0769. The molecular formula is C13H11BrN4. The van der Waals surface area contributed by atoms with Gasteiger partial charge in [-0.05, 0) is 23.8 Å². The third-order valence-electron chi connectivity index (χ3n) is 2.64. The minimum atomic E-state index is 0.636. The number of benzene rings is 1. The molecule has 0 aliphatic heterocycles. The molecular weight excluding hydrogens is 292 g/mol. The van der Waals surface area contributed by atoms with Crippen molar-refractivity contribution in [1.82, 2.24) is 14.6 Å². The summed E-state index contributed by atoms with van der Waals surface area (Å²) in [6, 6.07) is 13.9. The number of nitrogens with one attached hydrogen (secondary N) is 1. The Balaban J connectivity index is 1.79. The number of anilines is 1. The normalized spacial score (nSPS) is 10.7. The number of nitrogens with zero attached hydrogens (tertiary/aromatic N) is 3. The van der Waals surface area contributed by atoms with Crippen LogP contribution in [0.3, 0.4) is 0 Å². The first-order valence-corrected chi connectivity index (χ1v) is 6.41. The van der Waals surface area contributed by atoms with Crippen LogP contribution in [0.5, 0.6) is 0 Å². The van der Waals surface area contributed by atoms with Crippen LogP contribution < -0.4 is 5.32 Å². The molecule has 0 fully saturated rings. The minimum absolute atomic E-state index is 0.636. The molecule has 0 bridgehead atoms. The molecule has 0 aliphatic rings. The average molecular weight is 303 g/mol. The first kappa shape index (κ1) is 11.2. The van der Waals surface area contributed by atoms with Crippen LogP contribution in [0.4, 0.5) is 5.95 Å². The van der Waals surface area contributed by atoms with Crippen molar-refractivity contribution in [2.75, 3.05) is 5.32 Å². The van der Waals surface area contributed by atoms with E-state index in [2.05, 4.69) is 37.4 Å². The van der Waals surface area contributed by atoms with E-state index in [1.807, 2.05) is 42.6 Å². The Morgan fingerprint density at radius 3 is 2.78 bits per heavy atom. The summed E-state index contributed by atoms with van der Waals surface area (Å²) in [7, 11) is 0. The second-order valence-corrected chi connectivity index (χ2v) is 4.74. The van der Waals surface area contributed by atoms with E-state index < -0.39 is 0 Å². The summed E-state index contributed by atoms with van der Waals surface area (Å²) in [4.78, 5) is 4.38. The molecule has 0 unspecified atom stereocenters. The molecule has 0 amide bonds. The van der Waals surface area contributed by atoms with E-state index in [9.17, 15) is 0 Å². The van der Waals surface area contributed by atoms with Crippen molar-refractivity contribution in [2.45, 2.75) is 6.54 Å². The summed E-state index contributed by atoms with van der Waals surface area (Å²) in [6.07, 6.45) is 1.88. The molecule has 1 N–H and O–H groups in total. The monoisotopic (exact) mass is 302 g/mol. The number of rotatable bonds is 3. The molecule has 1 aromatic carbocycles. The van der Waals surface area contributed by atoms with Crippen LogP contribution in [-0.2, 0) is 6.54 Å². The Labute approximate surface area is 113 Å². The van der Waals surface area contributed by atoms with Crippen LogP contribution in [0.15, 0.2) is 53.1 Å². The molecule has 18 heavy (non-hydrogen) atoms. The van der Waals surface area contributed by atoms with Crippen LogP contribution in [0.25, 0.3) is 5.65 Å². The van der Waals surface area contributed by atoms with E-state index >= 15 is 0 Å². The molecule has 4 nitrogen and oxygen atoms in total. The van der Waals surface area contributed by atoms with Crippen molar-refractivity contribution in [2.24, 2.45) is 0 Å². The third kappa shape index (κ3) is 2.22. The highest BCUT2D eigenvalue weighted by molar-refractivity contribution is 9.10. The van der Waals surface area contributed by atoms with Gasteiger partial charge in [0, 0.05) is 17.2 Å². The largest absolute Gasteiger partial charge is 0.349 e. The van der Waals surface area contributed by atoms with Gasteiger partial charge in [0.1, 0.15) is 0 Å². The van der Waals surface area contributed by atoms with Gasteiger partial charge in [0.15, 0.2) is 5.65 Å². The Hall–Kier alpha value is -1.88. The zero-order valence-electron chi connectivity index (χ0n) is 9.55.